The average molecular weight is 984 g/mol. The lowest BCUT2D eigenvalue weighted by atomic mass is 9.84. The molecule has 382 valence electrons. The molecule has 2 aliphatic heterocycles. The maximum atomic E-state index is 14.8. The lowest BCUT2D eigenvalue weighted by Crippen LogP contribution is -2.62. The quantitative estimate of drug-likeness (QED) is 0.0720. The van der Waals surface area contributed by atoms with Crippen molar-refractivity contribution in [1.82, 2.24) is 40.1 Å². The molecule has 0 radical (unpaired) electrons. The minimum atomic E-state index is -1.21. The van der Waals surface area contributed by atoms with Crippen LogP contribution in [0.5, 0.6) is 5.75 Å². The van der Waals surface area contributed by atoms with E-state index in [0.29, 0.717) is 49.2 Å². The van der Waals surface area contributed by atoms with E-state index < -0.39 is 53.1 Å². The summed E-state index contributed by atoms with van der Waals surface area (Å²) in [5, 5.41) is 19.4. The number of esters is 1. The highest BCUT2D eigenvalue weighted by molar-refractivity contribution is 6.00. The number of aryl methyl sites for hydroxylation is 1. The first-order valence-corrected chi connectivity index (χ1v) is 24.7. The lowest BCUT2D eigenvalue weighted by molar-refractivity contribution is -0.155. The molecule has 72 heavy (non-hydrogen) atoms. The number of carbonyl (C=O) groups is 5. The summed E-state index contributed by atoms with van der Waals surface area (Å²) in [5.41, 5.74) is 9.85. The van der Waals surface area contributed by atoms with Gasteiger partial charge >= 0.3 is 5.97 Å². The number of phenolic OH excluding ortho intramolecular Hbond substituents is 1. The highest BCUT2D eigenvalue weighted by atomic mass is 16.5. The van der Waals surface area contributed by atoms with Crippen molar-refractivity contribution in [2.45, 2.75) is 98.0 Å². The summed E-state index contributed by atoms with van der Waals surface area (Å²) in [7, 11) is 6.96. The van der Waals surface area contributed by atoms with Gasteiger partial charge in [-0.1, -0.05) is 45.9 Å². The van der Waals surface area contributed by atoms with Gasteiger partial charge in [-0.3, -0.25) is 34.0 Å². The summed E-state index contributed by atoms with van der Waals surface area (Å²) in [6, 6.07) is 15.3. The number of hydrogen-bond donors (Lipinski definition) is 4. The Bertz CT molecular complexity index is 2840. The van der Waals surface area contributed by atoms with E-state index in [9.17, 15) is 29.1 Å². The van der Waals surface area contributed by atoms with Crippen LogP contribution >= 0.6 is 0 Å². The topological polar surface area (TPSA) is 201 Å². The third-order valence-corrected chi connectivity index (χ3v) is 13.3. The van der Waals surface area contributed by atoms with Gasteiger partial charge in [0.1, 0.15) is 29.6 Å². The number of nitrogens with one attached hydrogen (secondary N) is 3. The Labute approximate surface area is 421 Å². The number of fused-ring (bicyclic) bond motifs is 6. The van der Waals surface area contributed by atoms with Crippen LogP contribution in [0.3, 0.4) is 0 Å². The fourth-order valence-corrected chi connectivity index (χ4v) is 9.71. The summed E-state index contributed by atoms with van der Waals surface area (Å²) >= 11 is 0. The number of rotatable bonds is 13. The highest BCUT2D eigenvalue weighted by Crippen LogP contribution is 2.42. The van der Waals surface area contributed by atoms with Gasteiger partial charge in [0.25, 0.3) is 11.8 Å². The van der Waals surface area contributed by atoms with E-state index in [0.717, 1.165) is 39.0 Å². The van der Waals surface area contributed by atoms with Gasteiger partial charge in [-0.2, -0.15) is 0 Å². The summed E-state index contributed by atoms with van der Waals surface area (Å²) in [6.07, 6.45) is 7.40. The first-order valence-electron chi connectivity index (χ1n) is 24.7. The number of likely N-dealkylation sites (N-methyl/N-ethyl adjacent to an activating group) is 2. The second-order valence-corrected chi connectivity index (χ2v) is 20.2. The number of amides is 4. The van der Waals surface area contributed by atoms with Crippen molar-refractivity contribution in [2.75, 3.05) is 53.3 Å². The first-order chi connectivity index (χ1) is 34.3. The van der Waals surface area contributed by atoms with E-state index in [4.69, 9.17) is 14.5 Å². The molecule has 0 spiro atoms. The van der Waals surface area contributed by atoms with Gasteiger partial charge in [0, 0.05) is 74.4 Å². The number of carbonyl (C=O) groups excluding carboxylic acids is 5. The molecule has 1 unspecified atom stereocenters. The number of pyridine rings is 2. The first kappa shape index (κ1) is 52.9. The van der Waals surface area contributed by atoms with Crippen molar-refractivity contribution in [2.24, 2.45) is 11.3 Å². The molecule has 5 aromatic rings. The van der Waals surface area contributed by atoms with Crippen molar-refractivity contribution < 1.29 is 38.6 Å². The number of aromatic hydroxyl groups is 1. The highest BCUT2D eigenvalue weighted by Gasteiger charge is 2.38. The average Bonchev–Trinajstić information content (AvgIpc) is 3.65. The van der Waals surface area contributed by atoms with Crippen molar-refractivity contribution in [3.05, 3.63) is 108 Å². The van der Waals surface area contributed by atoms with Crippen LogP contribution in [0.25, 0.3) is 33.3 Å². The zero-order valence-electron chi connectivity index (χ0n) is 43.1. The van der Waals surface area contributed by atoms with E-state index in [-0.39, 0.29) is 43.0 Å². The van der Waals surface area contributed by atoms with Gasteiger partial charge in [0.2, 0.25) is 11.8 Å². The maximum Gasteiger partial charge on any atom is 0.324 e. The van der Waals surface area contributed by atoms with Crippen LogP contribution in [0.4, 0.5) is 5.69 Å². The molecule has 1 saturated heterocycles. The third-order valence-electron chi connectivity index (χ3n) is 13.3. The van der Waals surface area contributed by atoms with E-state index in [1.54, 1.807) is 51.4 Å². The smallest absolute Gasteiger partial charge is 0.324 e. The van der Waals surface area contributed by atoms with Crippen LogP contribution in [0.15, 0.2) is 85.2 Å². The molecule has 2 aromatic carbocycles. The van der Waals surface area contributed by atoms with Gasteiger partial charge in [-0.15, -0.1) is 0 Å². The van der Waals surface area contributed by atoms with Crippen molar-refractivity contribution in [1.29, 1.82) is 0 Å². The monoisotopic (exact) mass is 984 g/mol. The summed E-state index contributed by atoms with van der Waals surface area (Å²) in [5.74, 6) is -2.92. The lowest BCUT2D eigenvalue weighted by Gasteiger charge is -2.36. The number of hydrogen-bond acceptors (Lipinski definition) is 12. The number of phenols is 1. The molecular weight excluding hydrogens is 915 g/mol. The molecule has 5 heterocycles. The van der Waals surface area contributed by atoms with Crippen LogP contribution in [0.2, 0.25) is 0 Å². The van der Waals surface area contributed by atoms with E-state index in [1.165, 1.54) is 35.3 Å². The SMILES string of the molecule is CCn1c(-c2cccnc2[C@H](C)OC)c2c3cc(ccc31)-c1cc(O)cc(c1)C[C@H](NC(=O)C(C(C)C)N(C)C(=O)c1ccc(NC(=O)/C=C/CN(C)C)cn1)C(=O)N1CCC[C@H](N1)C(=O)OCC(C)(C)C2. The Morgan fingerprint density at radius 1 is 1.03 bits per heavy atom. The second kappa shape index (κ2) is 22.6. The molecule has 4 amide bonds. The van der Waals surface area contributed by atoms with Crippen molar-refractivity contribution in [3.63, 3.8) is 0 Å². The normalized spacial score (nSPS) is 18.2. The summed E-state index contributed by atoms with van der Waals surface area (Å²) in [4.78, 5) is 82.1. The van der Waals surface area contributed by atoms with Crippen LogP contribution in [-0.2, 0) is 48.0 Å². The molecule has 7 rings (SSSR count). The number of ether oxygens (including phenoxy) is 2. The Kier molecular flexibility index (Phi) is 16.6. The number of hydrazine groups is 1. The molecule has 0 saturated carbocycles. The van der Waals surface area contributed by atoms with Gasteiger partial charge < -0.3 is 39.6 Å². The Balaban J connectivity index is 1.25. The Morgan fingerprint density at radius 2 is 1.81 bits per heavy atom. The molecule has 17 heteroatoms. The molecule has 6 bridgehead atoms. The molecule has 0 aliphatic carbocycles. The molecule has 1 fully saturated rings. The predicted molar refractivity (Wildman–Crippen MR) is 277 cm³/mol. The van der Waals surface area contributed by atoms with E-state index in [1.807, 2.05) is 44.1 Å². The fourth-order valence-electron chi connectivity index (χ4n) is 9.71. The van der Waals surface area contributed by atoms with Gasteiger partial charge in [0.15, 0.2) is 0 Å². The number of anilines is 1. The summed E-state index contributed by atoms with van der Waals surface area (Å²) < 4.78 is 14.2. The largest absolute Gasteiger partial charge is 0.508 e. The van der Waals surface area contributed by atoms with Crippen molar-refractivity contribution >= 4 is 46.2 Å². The molecule has 2 aliphatic rings. The molecule has 3 aromatic heterocycles. The minimum Gasteiger partial charge on any atom is -0.508 e. The predicted octanol–water partition coefficient (Wildman–Crippen LogP) is 6.70. The van der Waals surface area contributed by atoms with Gasteiger partial charge in [-0.05, 0) is 124 Å². The van der Waals surface area contributed by atoms with Gasteiger partial charge in [0.05, 0.1) is 36.0 Å². The number of cyclic esters (lactones) is 1. The second-order valence-electron chi connectivity index (χ2n) is 20.2. The Hall–Kier alpha value is -6.95. The standard InChI is InChI=1S/C55H69N9O8/c1-11-63-46-21-18-36-29-41(46)42(50(63)40-15-12-22-56-48(40)34(4)71-10)30-55(5,6)32-72-54(70)44-16-13-24-64(60-44)53(69)45(27-35-25-37(36)28-39(65)26-35)59-51(67)49(33(2)3)62(9)52(68)43-20-19-38(31-57-43)58-47(66)17-14-23-61(7)8/h12,14-15,17-22,25-26,28-29,31,33-34,44-45,49,60,65H,11,13,16,23-24,27,30,32H2,1-10H3,(H,58,66)(H,59,67)/b17-14+/t34-,44-,45-,49?/m0/s1. The van der Waals surface area contributed by atoms with Crippen LogP contribution < -0.4 is 16.1 Å². The van der Waals surface area contributed by atoms with Crippen molar-refractivity contribution in [3.8, 4) is 28.1 Å². The Morgan fingerprint density at radius 3 is 2.50 bits per heavy atom. The summed E-state index contributed by atoms with van der Waals surface area (Å²) in [6.45, 7) is 13.4. The number of benzene rings is 2. The molecular formula is C55H69N9O8. The van der Waals surface area contributed by atoms with E-state index >= 15 is 0 Å². The zero-order chi connectivity index (χ0) is 52.0. The zero-order valence-corrected chi connectivity index (χ0v) is 43.1. The number of aromatic nitrogens is 3. The molecule has 4 N–H and O–H groups in total. The van der Waals surface area contributed by atoms with Crippen LogP contribution in [0, 0.1) is 11.3 Å². The van der Waals surface area contributed by atoms with Crippen LogP contribution in [-0.4, -0.2) is 130 Å². The maximum absolute atomic E-state index is 14.8. The van der Waals surface area contributed by atoms with Gasteiger partial charge in [-0.25, -0.2) is 10.4 Å². The third kappa shape index (κ3) is 12.0. The van der Waals surface area contributed by atoms with E-state index in [2.05, 4.69) is 64.6 Å². The number of nitrogens with zero attached hydrogens (tertiary/aromatic N) is 6. The fraction of sp³-hybridized carbons (Fsp3) is 0.436. The minimum absolute atomic E-state index is 0.0283. The van der Waals surface area contributed by atoms with Crippen LogP contribution in [0.1, 0.15) is 87.8 Å². The number of methoxy groups -OCH3 is 1. The molecule has 4 atom stereocenters. The molecule has 17 nitrogen and oxygen atoms in total.